The molecular formula is C14H22N4O2. The second-order valence-corrected chi connectivity index (χ2v) is 5.42. The molecule has 0 unspecified atom stereocenters. The van der Waals surface area contributed by atoms with Crippen LogP contribution in [0.2, 0.25) is 0 Å². The van der Waals surface area contributed by atoms with E-state index < -0.39 is 0 Å². The molecule has 2 heterocycles. The van der Waals surface area contributed by atoms with Crippen LogP contribution in [0.4, 0.5) is 0 Å². The Morgan fingerprint density at radius 1 is 0.900 bits per heavy atom. The quantitative estimate of drug-likeness (QED) is 0.638. The standard InChI is InChI=1S/C14H22N4O2/c15-13(19)11-5-3-9-17(11)7-1-2-8-18-10-4-6-12(18)14(16)20/h11-12H,3-10H2,(H2,15,19)(H2,16,20)/t11-,12+. The lowest BCUT2D eigenvalue weighted by molar-refractivity contribution is -0.122. The Morgan fingerprint density at radius 3 is 1.65 bits per heavy atom. The van der Waals surface area contributed by atoms with Gasteiger partial charge in [-0.05, 0) is 38.8 Å². The van der Waals surface area contributed by atoms with Crippen molar-refractivity contribution >= 4 is 11.8 Å². The summed E-state index contributed by atoms with van der Waals surface area (Å²) in [6, 6.07) is -0.344. The maximum atomic E-state index is 11.2. The minimum absolute atomic E-state index is 0.172. The van der Waals surface area contributed by atoms with Gasteiger partial charge in [-0.1, -0.05) is 11.8 Å². The number of primary amides is 2. The first-order valence-corrected chi connectivity index (χ1v) is 7.12. The van der Waals surface area contributed by atoms with Crippen LogP contribution in [0, 0.1) is 11.8 Å². The number of amides is 2. The maximum Gasteiger partial charge on any atom is 0.234 e. The van der Waals surface area contributed by atoms with Crippen molar-refractivity contribution in [1.29, 1.82) is 0 Å². The molecule has 0 aromatic carbocycles. The van der Waals surface area contributed by atoms with Crippen LogP contribution in [0.15, 0.2) is 0 Å². The van der Waals surface area contributed by atoms with E-state index in [-0.39, 0.29) is 23.9 Å². The molecule has 0 aromatic rings. The fraction of sp³-hybridized carbons (Fsp3) is 0.714. The predicted octanol–water partition coefficient (Wildman–Crippen LogP) is -1.11. The van der Waals surface area contributed by atoms with Gasteiger partial charge in [-0.3, -0.25) is 19.4 Å². The number of hydrogen-bond acceptors (Lipinski definition) is 4. The summed E-state index contributed by atoms with van der Waals surface area (Å²) >= 11 is 0. The number of rotatable bonds is 4. The topological polar surface area (TPSA) is 92.7 Å². The third-order valence-corrected chi connectivity index (χ3v) is 4.07. The fourth-order valence-electron chi connectivity index (χ4n) is 2.99. The van der Waals surface area contributed by atoms with E-state index in [0.29, 0.717) is 13.1 Å². The molecule has 0 saturated carbocycles. The second-order valence-electron chi connectivity index (χ2n) is 5.42. The lowest BCUT2D eigenvalue weighted by atomic mass is 10.2. The molecule has 0 bridgehead atoms. The van der Waals surface area contributed by atoms with Crippen LogP contribution in [0.3, 0.4) is 0 Å². The monoisotopic (exact) mass is 278 g/mol. The second kappa shape index (κ2) is 6.73. The molecule has 2 aliphatic heterocycles. The largest absolute Gasteiger partial charge is 0.368 e. The first-order chi connectivity index (χ1) is 9.59. The molecule has 20 heavy (non-hydrogen) atoms. The van der Waals surface area contributed by atoms with Gasteiger partial charge in [0.05, 0.1) is 25.2 Å². The Hall–Kier alpha value is -1.58. The molecule has 110 valence electrons. The molecule has 2 atom stereocenters. The zero-order valence-electron chi connectivity index (χ0n) is 11.7. The number of likely N-dealkylation sites (tertiary alicyclic amines) is 2. The number of nitrogens with two attached hydrogens (primary N) is 2. The van der Waals surface area contributed by atoms with Crippen molar-refractivity contribution in [3.05, 3.63) is 0 Å². The van der Waals surface area contributed by atoms with Crippen LogP contribution in [-0.4, -0.2) is 59.9 Å². The van der Waals surface area contributed by atoms with Gasteiger partial charge in [-0.2, -0.15) is 0 Å². The molecule has 0 spiro atoms. The van der Waals surface area contributed by atoms with Crippen molar-refractivity contribution in [3.63, 3.8) is 0 Å². The summed E-state index contributed by atoms with van der Waals surface area (Å²) in [7, 11) is 0. The highest BCUT2D eigenvalue weighted by atomic mass is 16.2. The Balaban J connectivity index is 1.80. The highest BCUT2D eigenvalue weighted by molar-refractivity contribution is 5.80. The molecule has 0 radical (unpaired) electrons. The predicted molar refractivity (Wildman–Crippen MR) is 75.4 cm³/mol. The number of nitrogens with zero attached hydrogens (tertiary/aromatic N) is 2. The van der Waals surface area contributed by atoms with Crippen LogP contribution in [0.25, 0.3) is 0 Å². The Bertz CT molecular complexity index is 402. The zero-order valence-corrected chi connectivity index (χ0v) is 11.7. The van der Waals surface area contributed by atoms with Crippen molar-refractivity contribution in [2.45, 2.75) is 37.8 Å². The van der Waals surface area contributed by atoms with E-state index in [4.69, 9.17) is 11.5 Å². The SMILES string of the molecule is NC(=O)[C@H]1CCCN1CC#CCN1CCC[C@H]1C(N)=O. The van der Waals surface area contributed by atoms with Gasteiger partial charge in [0.2, 0.25) is 11.8 Å². The van der Waals surface area contributed by atoms with Crippen molar-refractivity contribution < 1.29 is 9.59 Å². The van der Waals surface area contributed by atoms with Gasteiger partial charge in [-0.15, -0.1) is 0 Å². The van der Waals surface area contributed by atoms with E-state index in [1.165, 1.54) is 0 Å². The third kappa shape index (κ3) is 3.50. The molecule has 6 heteroatoms. The van der Waals surface area contributed by atoms with E-state index in [2.05, 4.69) is 11.8 Å². The maximum absolute atomic E-state index is 11.2. The summed E-state index contributed by atoms with van der Waals surface area (Å²) in [5.74, 6) is 5.61. The van der Waals surface area contributed by atoms with Gasteiger partial charge < -0.3 is 11.5 Å². The van der Waals surface area contributed by atoms with Crippen LogP contribution in [0.1, 0.15) is 25.7 Å². The lowest BCUT2D eigenvalue weighted by Gasteiger charge is -2.19. The molecule has 2 rings (SSSR count). The summed E-state index contributed by atoms with van der Waals surface area (Å²) in [5, 5.41) is 0. The van der Waals surface area contributed by atoms with Gasteiger partial charge in [0.15, 0.2) is 0 Å². The van der Waals surface area contributed by atoms with Crippen molar-refractivity contribution in [1.82, 2.24) is 9.80 Å². The Kier molecular flexibility index (Phi) is 4.99. The normalized spacial score (nSPS) is 27.2. The summed E-state index contributed by atoms with van der Waals surface area (Å²) in [5.41, 5.74) is 10.7. The van der Waals surface area contributed by atoms with Crippen LogP contribution in [0.5, 0.6) is 0 Å². The average molecular weight is 278 g/mol. The molecule has 2 fully saturated rings. The van der Waals surface area contributed by atoms with E-state index in [1.54, 1.807) is 0 Å². The highest BCUT2D eigenvalue weighted by Gasteiger charge is 2.29. The molecule has 6 nitrogen and oxygen atoms in total. The van der Waals surface area contributed by atoms with Crippen LogP contribution < -0.4 is 11.5 Å². The van der Waals surface area contributed by atoms with Crippen LogP contribution >= 0.6 is 0 Å². The van der Waals surface area contributed by atoms with Gasteiger partial charge in [0.1, 0.15) is 0 Å². The van der Waals surface area contributed by atoms with E-state index in [1.807, 2.05) is 9.80 Å². The zero-order chi connectivity index (χ0) is 14.5. The molecule has 0 aliphatic carbocycles. The molecule has 2 saturated heterocycles. The minimum atomic E-state index is -0.266. The van der Waals surface area contributed by atoms with Gasteiger partial charge >= 0.3 is 0 Å². The van der Waals surface area contributed by atoms with Gasteiger partial charge in [0, 0.05) is 0 Å². The molecule has 2 aliphatic rings. The van der Waals surface area contributed by atoms with Crippen molar-refractivity contribution in [3.8, 4) is 11.8 Å². The summed E-state index contributed by atoms with van der Waals surface area (Å²) in [6.07, 6.45) is 3.64. The van der Waals surface area contributed by atoms with Crippen molar-refractivity contribution in [2.75, 3.05) is 26.2 Å². The molecule has 4 N–H and O–H groups in total. The van der Waals surface area contributed by atoms with E-state index in [0.717, 1.165) is 38.8 Å². The first-order valence-electron chi connectivity index (χ1n) is 7.12. The summed E-state index contributed by atoms with van der Waals surface area (Å²) in [6.45, 7) is 2.86. The number of carbonyl (C=O) groups excluding carboxylic acids is 2. The van der Waals surface area contributed by atoms with Crippen molar-refractivity contribution in [2.24, 2.45) is 11.5 Å². The molecule has 2 amide bonds. The number of hydrogen-bond donors (Lipinski definition) is 2. The Labute approximate surface area is 119 Å². The molecule has 0 aromatic heterocycles. The first kappa shape index (κ1) is 14.8. The highest BCUT2D eigenvalue weighted by Crippen LogP contribution is 2.16. The number of carbonyl (C=O) groups is 2. The van der Waals surface area contributed by atoms with E-state index >= 15 is 0 Å². The summed E-state index contributed by atoms with van der Waals surface area (Å²) < 4.78 is 0. The minimum Gasteiger partial charge on any atom is -0.368 e. The van der Waals surface area contributed by atoms with E-state index in [9.17, 15) is 9.59 Å². The fourth-order valence-corrected chi connectivity index (χ4v) is 2.99. The summed E-state index contributed by atoms with van der Waals surface area (Å²) in [4.78, 5) is 26.5. The lowest BCUT2D eigenvalue weighted by Crippen LogP contribution is -2.41. The third-order valence-electron chi connectivity index (χ3n) is 4.07. The van der Waals surface area contributed by atoms with Crippen LogP contribution in [-0.2, 0) is 9.59 Å². The molecular weight excluding hydrogens is 256 g/mol. The average Bonchev–Trinajstić information content (AvgIpc) is 3.03. The Morgan fingerprint density at radius 2 is 1.30 bits per heavy atom. The smallest absolute Gasteiger partial charge is 0.234 e. The van der Waals surface area contributed by atoms with Gasteiger partial charge in [0.25, 0.3) is 0 Å². The van der Waals surface area contributed by atoms with Gasteiger partial charge in [-0.25, -0.2) is 0 Å².